The first-order chi connectivity index (χ1) is 28.3. The lowest BCUT2D eigenvalue weighted by molar-refractivity contribution is -0.161. The van der Waals surface area contributed by atoms with E-state index in [1.54, 1.807) is 42.5 Å². The molecule has 0 aliphatic rings. The maximum absolute atomic E-state index is 12.6. The van der Waals surface area contributed by atoms with Crippen LogP contribution in [0.4, 0.5) is 0 Å². The largest absolute Gasteiger partial charge is 0.480 e. The number of nitrogens with two attached hydrogens (primary N) is 1. The van der Waals surface area contributed by atoms with E-state index < -0.39 is 76.0 Å². The van der Waals surface area contributed by atoms with Crippen molar-refractivity contribution in [2.45, 2.75) is 179 Å². The SMILES string of the molecule is CCCCCCCC/C=C\CCCCCCCC(=O)OC[C@H](COP(=O)(O)OC[C@H](N)C(=O)O)OC(=O)CCC[C@H](O)[C@@H](O)/C=C/C=C/C=C\C=C\[C@@H](O)CCCCC. The van der Waals surface area contributed by atoms with E-state index in [0.29, 0.717) is 6.42 Å². The molecule has 14 nitrogen and oxygen atoms in total. The molecule has 0 radical (unpaired) electrons. The summed E-state index contributed by atoms with van der Waals surface area (Å²) in [5, 5.41) is 39.4. The number of ether oxygens (including phenoxy) is 2. The summed E-state index contributed by atoms with van der Waals surface area (Å²) in [4.78, 5) is 46.0. The molecule has 15 heteroatoms. The number of carbonyl (C=O) groups is 3. The first-order valence-electron chi connectivity index (χ1n) is 21.6. The zero-order valence-electron chi connectivity index (χ0n) is 35.7. The highest BCUT2D eigenvalue weighted by molar-refractivity contribution is 7.47. The number of carbonyl (C=O) groups excluding carboxylic acids is 2. The topological polar surface area (TPSA) is 232 Å². The van der Waals surface area contributed by atoms with Gasteiger partial charge in [-0.1, -0.05) is 145 Å². The van der Waals surface area contributed by atoms with E-state index in [1.807, 2.05) is 0 Å². The Balaban J connectivity index is 4.74. The van der Waals surface area contributed by atoms with Crippen LogP contribution in [0.15, 0.2) is 60.8 Å². The number of hydrogen-bond acceptors (Lipinski definition) is 12. The molecular weight excluding hydrogens is 781 g/mol. The predicted octanol–water partition coefficient (Wildman–Crippen LogP) is 8.08. The van der Waals surface area contributed by atoms with Gasteiger partial charge in [-0.05, 0) is 51.4 Å². The highest BCUT2D eigenvalue weighted by atomic mass is 31.2. The Bertz CT molecular complexity index is 1290. The van der Waals surface area contributed by atoms with Crippen molar-refractivity contribution in [2.24, 2.45) is 5.73 Å². The minimum absolute atomic E-state index is 0.0468. The van der Waals surface area contributed by atoms with Crippen LogP contribution in [-0.4, -0.2) is 93.5 Å². The van der Waals surface area contributed by atoms with Gasteiger partial charge < -0.3 is 40.5 Å². The van der Waals surface area contributed by atoms with Gasteiger partial charge in [0, 0.05) is 12.8 Å². The number of carboxylic acid groups (broad SMARTS) is 1. The van der Waals surface area contributed by atoms with Crippen molar-refractivity contribution in [3.8, 4) is 0 Å². The number of hydrogen-bond donors (Lipinski definition) is 6. The molecule has 0 aromatic rings. The quantitative estimate of drug-likeness (QED) is 0.0113. The number of esters is 2. The van der Waals surface area contributed by atoms with E-state index in [2.05, 4.69) is 30.5 Å². The number of aliphatic hydroxyl groups is 3. The molecule has 0 rings (SSSR count). The third-order valence-corrected chi connectivity index (χ3v) is 10.1. The number of phosphoric acid groups is 1. The summed E-state index contributed by atoms with van der Waals surface area (Å²) >= 11 is 0. The highest BCUT2D eigenvalue weighted by Gasteiger charge is 2.28. The molecule has 59 heavy (non-hydrogen) atoms. The lowest BCUT2D eigenvalue weighted by Gasteiger charge is -2.20. The third-order valence-electron chi connectivity index (χ3n) is 9.10. The number of phosphoric ester groups is 1. The van der Waals surface area contributed by atoms with Gasteiger partial charge in [0.15, 0.2) is 6.10 Å². The van der Waals surface area contributed by atoms with Gasteiger partial charge in [-0.2, -0.15) is 0 Å². The number of rotatable bonds is 39. The van der Waals surface area contributed by atoms with Gasteiger partial charge in [-0.25, -0.2) is 4.57 Å². The van der Waals surface area contributed by atoms with Crippen molar-refractivity contribution in [1.82, 2.24) is 0 Å². The van der Waals surface area contributed by atoms with Gasteiger partial charge in [-0.15, -0.1) is 0 Å². The van der Waals surface area contributed by atoms with Crippen LogP contribution in [0, 0.1) is 0 Å². The minimum Gasteiger partial charge on any atom is -0.480 e. The van der Waals surface area contributed by atoms with E-state index in [0.717, 1.165) is 64.2 Å². The number of aliphatic carboxylic acids is 1. The third kappa shape index (κ3) is 36.6. The van der Waals surface area contributed by atoms with Crippen LogP contribution in [0.1, 0.15) is 149 Å². The van der Waals surface area contributed by atoms with Gasteiger partial charge in [0.05, 0.1) is 31.5 Å². The van der Waals surface area contributed by atoms with E-state index in [4.69, 9.17) is 24.8 Å². The summed E-state index contributed by atoms with van der Waals surface area (Å²) < 4.78 is 32.4. The summed E-state index contributed by atoms with van der Waals surface area (Å²) in [5.41, 5.74) is 5.31. The number of allylic oxidation sites excluding steroid dienone is 8. The lowest BCUT2D eigenvalue weighted by Crippen LogP contribution is -2.34. The predicted molar refractivity (Wildman–Crippen MR) is 230 cm³/mol. The van der Waals surface area contributed by atoms with E-state index in [9.17, 15) is 39.2 Å². The zero-order valence-corrected chi connectivity index (χ0v) is 36.6. The average molecular weight is 858 g/mol. The van der Waals surface area contributed by atoms with Crippen LogP contribution >= 0.6 is 7.82 Å². The lowest BCUT2D eigenvalue weighted by atomic mass is 10.1. The van der Waals surface area contributed by atoms with Crippen molar-refractivity contribution < 1.29 is 62.8 Å². The van der Waals surface area contributed by atoms with Crippen molar-refractivity contribution >= 4 is 25.7 Å². The second-order valence-electron chi connectivity index (χ2n) is 14.7. The molecule has 0 spiro atoms. The van der Waals surface area contributed by atoms with Crippen molar-refractivity contribution in [1.29, 1.82) is 0 Å². The van der Waals surface area contributed by atoms with Gasteiger partial charge in [0.1, 0.15) is 12.6 Å². The molecule has 0 heterocycles. The molecule has 0 saturated heterocycles. The molecule has 0 aromatic heterocycles. The van der Waals surface area contributed by atoms with E-state index >= 15 is 0 Å². The maximum Gasteiger partial charge on any atom is 0.472 e. The standard InChI is InChI=1S/C44H76NO13P/c1-3-5-7-8-9-10-11-12-13-14-15-16-17-22-26-32-42(49)55-34-38(35-56-59(53,54)57-36-39(45)44(51)52)58-43(50)33-27-31-41(48)40(47)30-25-21-19-18-20-24-29-37(46)28-23-6-4-2/h12-13,18-21,24-25,29-30,37-41,46-48H,3-11,14-17,22-23,26-28,31-36,45H2,1-2H3,(H,51,52)(H,53,54)/b13-12-,20-18-,21-19+,29-24+,30-25+/t37-,38+,39-,40-,41-/m0/s1. The first-order valence-corrected chi connectivity index (χ1v) is 23.1. The number of aliphatic hydroxyl groups excluding tert-OH is 3. The zero-order chi connectivity index (χ0) is 44.0. The fraction of sp³-hybridized carbons (Fsp3) is 0.705. The first kappa shape index (κ1) is 56.1. The van der Waals surface area contributed by atoms with Crippen molar-refractivity contribution in [3.05, 3.63) is 60.8 Å². The van der Waals surface area contributed by atoms with Gasteiger partial charge in [0.2, 0.25) is 0 Å². The van der Waals surface area contributed by atoms with Gasteiger partial charge in [-0.3, -0.25) is 23.4 Å². The molecule has 0 amide bonds. The molecule has 0 fully saturated rings. The number of carboxylic acids is 1. The smallest absolute Gasteiger partial charge is 0.472 e. The Morgan fingerprint density at radius 1 is 0.627 bits per heavy atom. The molecular formula is C44H76NO13P. The molecule has 6 atom stereocenters. The summed E-state index contributed by atoms with van der Waals surface area (Å²) in [6, 6.07) is -1.58. The van der Waals surface area contributed by atoms with E-state index in [1.165, 1.54) is 44.6 Å². The van der Waals surface area contributed by atoms with Crippen LogP contribution in [-0.2, 0) is 37.5 Å². The average Bonchev–Trinajstić information content (AvgIpc) is 3.20. The monoisotopic (exact) mass is 858 g/mol. The second kappa shape index (κ2) is 38.0. The highest BCUT2D eigenvalue weighted by Crippen LogP contribution is 2.43. The summed E-state index contributed by atoms with van der Waals surface area (Å²) in [6.45, 7) is 2.32. The minimum atomic E-state index is -4.82. The Kier molecular flexibility index (Phi) is 36.1. The fourth-order valence-corrected chi connectivity index (χ4v) is 6.28. The van der Waals surface area contributed by atoms with Gasteiger partial charge >= 0.3 is 25.7 Å². The molecule has 7 N–H and O–H groups in total. The van der Waals surface area contributed by atoms with Crippen LogP contribution < -0.4 is 5.73 Å². The Labute approximate surface area is 353 Å². The van der Waals surface area contributed by atoms with Crippen LogP contribution in [0.2, 0.25) is 0 Å². The second-order valence-corrected chi connectivity index (χ2v) is 16.1. The molecule has 0 bridgehead atoms. The molecule has 1 unspecified atom stereocenters. The van der Waals surface area contributed by atoms with E-state index in [-0.39, 0.29) is 25.7 Å². The van der Waals surface area contributed by atoms with Crippen LogP contribution in [0.3, 0.4) is 0 Å². The summed E-state index contributed by atoms with van der Waals surface area (Å²) in [5.74, 6) is -2.77. The fourth-order valence-electron chi connectivity index (χ4n) is 5.50. The normalized spacial score (nSPS) is 15.9. The Morgan fingerprint density at radius 3 is 1.78 bits per heavy atom. The van der Waals surface area contributed by atoms with Crippen molar-refractivity contribution in [2.75, 3.05) is 19.8 Å². The molecule has 0 aromatic carbocycles. The Hall–Kier alpha value is -2.94. The van der Waals surface area contributed by atoms with Crippen LogP contribution in [0.5, 0.6) is 0 Å². The summed E-state index contributed by atoms with van der Waals surface area (Å²) in [7, 11) is -4.82. The van der Waals surface area contributed by atoms with Gasteiger partial charge in [0.25, 0.3) is 0 Å². The summed E-state index contributed by atoms with van der Waals surface area (Å²) in [6.07, 6.45) is 32.2. The Morgan fingerprint density at radius 2 is 1.15 bits per heavy atom. The molecule has 0 aliphatic carbocycles. The molecule has 340 valence electrons. The maximum atomic E-state index is 12.6. The van der Waals surface area contributed by atoms with Crippen LogP contribution in [0.25, 0.3) is 0 Å². The number of unbranched alkanes of at least 4 members (excludes halogenated alkanes) is 13. The molecule has 0 aliphatic heterocycles. The molecule has 0 saturated carbocycles. The van der Waals surface area contributed by atoms with Crippen molar-refractivity contribution in [3.63, 3.8) is 0 Å².